The molecule has 1 aromatic carbocycles. The summed E-state index contributed by atoms with van der Waals surface area (Å²) >= 11 is 9.94. The van der Waals surface area contributed by atoms with Gasteiger partial charge in [0.25, 0.3) is 0 Å². The van der Waals surface area contributed by atoms with Gasteiger partial charge in [-0.1, -0.05) is 29.9 Å². The first-order valence-corrected chi connectivity index (χ1v) is 4.27. The second-order valence-corrected chi connectivity index (χ2v) is 3.40. The number of benzene rings is 1. The van der Waals surface area contributed by atoms with Gasteiger partial charge in [0.2, 0.25) is 0 Å². The van der Waals surface area contributed by atoms with E-state index in [1.165, 1.54) is 6.07 Å². The Morgan fingerprint density at radius 3 is 2.36 bits per heavy atom. The summed E-state index contributed by atoms with van der Waals surface area (Å²) in [7, 11) is 0. The molecular formula is C8H5ClF3NS. The molecule has 0 amide bonds. The molecule has 0 aliphatic heterocycles. The molecule has 0 heterocycles. The van der Waals surface area contributed by atoms with E-state index in [2.05, 4.69) is 12.2 Å². The van der Waals surface area contributed by atoms with Crippen molar-refractivity contribution in [3.05, 3.63) is 34.3 Å². The number of hydrogen-bond acceptors (Lipinski definition) is 1. The van der Waals surface area contributed by atoms with Gasteiger partial charge in [-0.2, -0.15) is 13.2 Å². The third-order valence-electron chi connectivity index (χ3n) is 1.56. The van der Waals surface area contributed by atoms with Crippen molar-refractivity contribution >= 4 is 28.8 Å². The fraction of sp³-hybridized carbons (Fsp3) is 0.125. The molecule has 0 atom stereocenters. The minimum Gasteiger partial charge on any atom is -0.389 e. The predicted octanol–water partition coefficient (Wildman–Crippen LogP) is 2.99. The Labute approximate surface area is 88.7 Å². The first-order chi connectivity index (χ1) is 6.32. The highest BCUT2D eigenvalue weighted by Gasteiger charge is 2.33. The maximum Gasteiger partial charge on any atom is 0.417 e. The van der Waals surface area contributed by atoms with Gasteiger partial charge in [0.15, 0.2) is 0 Å². The van der Waals surface area contributed by atoms with Gasteiger partial charge in [0, 0.05) is 5.56 Å². The zero-order valence-corrected chi connectivity index (χ0v) is 8.30. The molecule has 0 aliphatic rings. The van der Waals surface area contributed by atoms with Crippen LogP contribution in [0.4, 0.5) is 13.2 Å². The molecule has 2 N–H and O–H groups in total. The maximum absolute atomic E-state index is 12.3. The van der Waals surface area contributed by atoms with Crippen LogP contribution in [-0.4, -0.2) is 4.99 Å². The third kappa shape index (κ3) is 2.36. The van der Waals surface area contributed by atoms with Crippen molar-refractivity contribution in [2.75, 3.05) is 0 Å². The van der Waals surface area contributed by atoms with E-state index in [0.29, 0.717) is 0 Å². The highest BCUT2D eigenvalue weighted by Crippen LogP contribution is 2.34. The molecule has 0 fully saturated rings. The van der Waals surface area contributed by atoms with E-state index >= 15 is 0 Å². The minimum atomic E-state index is -4.49. The van der Waals surface area contributed by atoms with Crippen LogP contribution in [0.3, 0.4) is 0 Å². The quantitative estimate of drug-likeness (QED) is 0.763. The van der Waals surface area contributed by atoms with E-state index in [9.17, 15) is 13.2 Å². The van der Waals surface area contributed by atoms with Crippen molar-refractivity contribution in [2.45, 2.75) is 6.18 Å². The topological polar surface area (TPSA) is 26.0 Å². The summed E-state index contributed by atoms with van der Waals surface area (Å²) < 4.78 is 37.0. The lowest BCUT2D eigenvalue weighted by Gasteiger charge is -2.09. The van der Waals surface area contributed by atoms with Crippen molar-refractivity contribution in [2.24, 2.45) is 5.73 Å². The second-order valence-electron chi connectivity index (χ2n) is 2.56. The zero-order chi connectivity index (χ0) is 10.9. The highest BCUT2D eigenvalue weighted by molar-refractivity contribution is 7.80. The van der Waals surface area contributed by atoms with Crippen LogP contribution in [0.1, 0.15) is 11.1 Å². The average molecular weight is 240 g/mol. The Morgan fingerprint density at radius 1 is 1.36 bits per heavy atom. The van der Waals surface area contributed by atoms with Crippen molar-refractivity contribution in [3.63, 3.8) is 0 Å². The van der Waals surface area contributed by atoms with Crippen LogP contribution in [0.5, 0.6) is 0 Å². The van der Waals surface area contributed by atoms with Gasteiger partial charge in [-0.3, -0.25) is 0 Å². The fourth-order valence-electron chi connectivity index (χ4n) is 0.896. The highest BCUT2D eigenvalue weighted by atomic mass is 35.5. The van der Waals surface area contributed by atoms with Gasteiger partial charge in [-0.05, 0) is 12.1 Å². The van der Waals surface area contributed by atoms with Gasteiger partial charge in [0.1, 0.15) is 4.99 Å². The summed E-state index contributed by atoms with van der Waals surface area (Å²) in [5, 5.41) is -0.363. The van der Waals surface area contributed by atoms with E-state index in [1.54, 1.807) is 0 Å². The van der Waals surface area contributed by atoms with Crippen molar-refractivity contribution in [1.29, 1.82) is 0 Å². The Bertz CT molecular complexity index is 375. The summed E-state index contributed by atoms with van der Waals surface area (Å²) in [6.45, 7) is 0. The third-order valence-corrected chi connectivity index (χ3v) is 2.12. The summed E-state index contributed by atoms with van der Waals surface area (Å²) in [5.74, 6) is 0. The van der Waals surface area contributed by atoms with Crippen LogP contribution >= 0.6 is 23.8 Å². The zero-order valence-electron chi connectivity index (χ0n) is 6.73. The molecule has 0 aromatic heterocycles. The lowest BCUT2D eigenvalue weighted by Crippen LogP contribution is -2.12. The van der Waals surface area contributed by atoms with E-state index < -0.39 is 11.7 Å². The molecule has 0 bridgehead atoms. The van der Waals surface area contributed by atoms with Crippen LogP contribution in [-0.2, 0) is 6.18 Å². The van der Waals surface area contributed by atoms with Crippen molar-refractivity contribution < 1.29 is 13.2 Å². The molecule has 1 rings (SSSR count). The number of hydrogen-bond donors (Lipinski definition) is 1. The van der Waals surface area contributed by atoms with Gasteiger partial charge >= 0.3 is 6.18 Å². The summed E-state index contributed by atoms with van der Waals surface area (Å²) in [4.78, 5) is -0.0906. The molecule has 1 nitrogen and oxygen atoms in total. The standard InChI is InChI=1S/C8H5ClF3NS/c9-6-2-1-4(7(13)14)3-5(6)8(10,11)12/h1-3H,(H2,13,14). The molecule has 1 aromatic rings. The second kappa shape index (κ2) is 3.74. The van der Waals surface area contributed by atoms with Crippen LogP contribution in [0.15, 0.2) is 18.2 Å². The lowest BCUT2D eigenvalue weighted by atomic mass is 10.1. The summed E-state index contributed by atoms with van der Waals surface area (Å²) in [5.41, 5.74) is 4.42. The maximum atomic E-state index is 12.3. The molecule has 0 aliphatic carbocycles. The van der Waals surface area contributed by atoms with Crippen molar-refractivity contribution in [1.82, 2.24) is 0 Å². The SMILES string of the molecule is NC(=S)c1ccc(Cl)c(C(F)(F)F)c1. The molecule has 0 unspecified atom stereocenters. The van der Waals surface area contributed by atoms with Gasteiger partial charge < -0.3 is 5.73 Å². The van der Waals surface area contributed by atoms with Crippen molar-refractivity contribution in [3.8, 4) is 0 Å². The molecule has 14 heavy (non-hydrogen) atoms. The Balaban J connectivity index is 3.29. The number of alkyl halides is 3. The largest absolute Gasteiger partial charge is 0.417 e. The first kappa shape index (κ1) is 11.3. The van der Waals surface area contributed by atoms with E-state index in [1.807, 2.05) is 0 Å². The monoisotopic (exact) mass is 239 g/mol. The lowest BCUT2D eigenvalue weighted by molar-refractivity contribution is -0.137. The van der Waals surface area contributed by atoms with Crippen LogP contribution in [0.25, 0.3) is 0 Å². The predicted molar refractivity (Wildman–Crippen MR) is 52.3 cm³/mol. The molecular weight excluding hydrogens is 235 g/mol. The van der Waals surface area contributed by atoms with Crippen LogP contribution in [0.2, 0.25) is 5.02 Å². The normalized spacial score (nSPS) is 11.4. The summed E-state index contributed by atoms with van der Waals surface area (Å²) in [6.07, 6.45) is -4.49. The smallest absolute Gasteiger partial charge is 0.389 e. The Hall–Kier alpha value is -0.810. The van der Waals surface area contributed by atoms with E-state index in [0.717, 1.165) is 12.1 Å². The van der Waals surface area contributed by atoms with Gasteiger partial charge in [-0.15, -0.1) is 0 Å². The molecule has 6 heteroatoms. The summed E-state index contributed by atoms with van der Waals surface area (Å²) in [6, 6.07) is 3.31. The first-order valence-electron chi connectivity index (χ1n) is 3.49. The Morgan fingerprint density at radius 2 is 1.93 bits per heavy atom. The van der Waals surface area contributed by atoms with E-state index in [-0.39, 0.29) is 15.6 Å². The average Bonchev–Trinajstić information content (AvgIpc) is 2.02. The van der Waals surface area contributed by atoms with Gasteiger partial charge in [0.05, 0.1) is 10.6 Å². The number of thiocarbonyl (C=S) groups is 1. The Kier molecular flexibility index (Phi) is 3.01. The number of rotatable bonds is 1. The fourth-order valence-corrected chi connectivity index (χ4v) is 1.25. The molecule has 0 radical (unpaired) electrons. The molecule has 0 saturated carbocycles. The molecule has 0 saturated heterocycles. The van der Waals surface area contributed by atoms with Crippen LogP contribution in [0, 0.1) is 0 Å². The molecule has 76 valence electrons. The van der Waals surface area contributed by atoms with Crippen LogP contribution < -0.4 is 5.73 Å². The molecule has 0 spiro atoms. The van der Waals surface area contributed by atoms with Gasteiger partial charge in [-0.25, -0.2) is 0 Å². The number of halogens is 4. The minimum absolute atomic E-state index is 0.0906. The van der Waals surface area contributed by atoms with E-state index in [4.69, 9.17) is 17.3 Å². The number of nitrogens with two attached hydrogens (primary N) is 1.